The summed E-state index contributed by atoms with van der Waals surface area (Å²) in [7, 11) is -2.58. The Morgan fingerprint density at radius 3 is 2.26 bits per heavy atom. The zero-order chi connectivity index (χ0) is 33.3. The summed E-state index contributed by atoms with van der Waals surface area (Å²) in [6, 6.07) is 33.9. The molecule has 2 N–H and O–H groups in total. The van der Waals surface area contributed by atoms with E-state index in [0.717, 1.165) is 33.5 Å². The zero-order valence-corrected chi connectivity index (χ0v) is 27.2. The van der Waals surface area contributed by atoms with Crippen LogP contribution in [0.2, 0.25) is 0 Å². The maximum absolute atomic E-state index is 12.6. The Labute approximate surface area is 273 Å². The number of fused-ring (bicyclic) bond motifs is 2. The molecule has 0 amide bonds. The summed E-state index contributed by atoms with van der Waals surface area (Å²) in [5.74, 6) is -0.329. The fourth-order valence-corrected chi connectivity index (χ4v) is 6.85. The minimum absolute atomic E-state index is 0.0265. The van der Waals surface area contributed by atoms with E-state index in [1.165, 1.54) is 6.07 Å². The number of carboxylic acids is 1. The summed E-state index contributed by atoms with van der Waals surface area (Å²) < 4.78 is 44.1. The van der Waals surface area contributed by atoms with Crippen LogP contribution in [-0.4, -0.2) is 37.6 Å². The lowest BCUT2D eigenvalue weighted by atomic mass is 9.93. The monoisotopic (exact) mass is 647 g/mol. The molecule has 0 atom stereocenters. The van der Waals surface area contributed by atoms with Gasteiger partial charge in [0.15, 0.2) is 0 Å². The van der Waals surface area contributed by atoms with Gasteiger partial charge in [-0.05, 0) is 56.2 Å². The molecular formula is C38H35N2O6S+. The highest BCUT2D eigenvalue weighted by Gasteiger charge is 2.25. The molecule has 1 aliphatic carbocycles. The van der Waals surface area contributed by atoms with Crippen LogP contribution < -0.4 is 14.8 Å². The highest BCUT2D eigenvalue weighted by atomic mass is 32.2. The molecule has 0 saturated carbocycles. The molecule has 0 saturated heterocycles. The van der Waals surface area contributed by atoms with Gasteiger partial charge in [0.1, 0.15) is 23.3 Å². The SMILES string of the molecule is Cc1ccccc1N(CCCC(=O)O)c1ccc2c(-c3ccccc3S(=O)(=O)O)c3ccc(=[N+](C)c4ccccc4C)cc-3oc2c1. The minimum Gasteiger partial charge on any atom is -0.481 e. The standard InChI is InChI=1S/C38H34N2O6S/c1-25-11-4-7-14-32(25)39(3)27-18-20-29-34(23-27)46-35-24-28(40(22-10-17-37(41)42)33-15-8-5-12-26(33)2)19-21-30(35)38(29)31-13-6-9-16-36(31)47(43,44)45/h4-9,11-16,18-21,23-24H,10,17,22H2,1-3H3,(H-,41,42,43,44,45)/p+1. The summed E-state index contributed by atoms with van der Waals surface area (Å²) in [6.45, 7) is 4.52. The average Bonchev–Trinajstić information content (AvgIpc) is 3.05. The number of benzene rings is 5. The van der Waals surface area contributed by atoms with Gasteiger partial charge in [0, 0.05) is 70.2 Å². The van der Waals surface area contributed by atoms with E-state index in [4.69, 9.17) is 4.42 Å². The van der Waals surface area contributed by atoms with Crippen molar-refractivity contribution in [3.05, 3.63) is 126 Å². The molecule has 0 radical (unpaired) electrons. The third-order valence-corrected chi connectivity index (χ3v) is 9.39. The van der Waals surface area contributed by atoms with Crippen LogP contribution >= 0.6 is 0 Å². The van der Waals surface area contributed by atoms with Crippen molar-refractivity contribution in [1.82, 2.24) is 4.58 Å². The smallest absolute Gasteiger partial charge is 0.303 e. The van der Waals surface area contributed by atoms with Gasteiger partial charge in [0.2, 0.25) is 11.0 Å². The zero-order valence-electron chi connectivity index (χ0n) is 26.3. The number of nitrogens with zero attached hydrogens (tertiary/aromatic N) is 2. The Bertz CT molecular complexity index is 2290. The molecule has 1 aliphatic heterocycles. The van der Waals surface area contributed by atoms with Crippen LogP contribution in [0.4, 0.5) is 17.1 Å². The van der Waals surface area contributed by atoms with Crippen molar-refractivity contribution >= 4 is 44.1 Å². The van der Waals surface area contributed by atoms with Crippen molar-refractivity contribution in [3.63, 3.8) is 0 Å². The van der Waals surface area contributed by atoms with Crippen molar-refractivity contribution in [2.75, 3.05) is 18.5 Å². The molecule has 0 spiro atoms. The molecule has 1 heterocycles. The topological polar surface area (TPSA) is 111 Å². The van der Waals surface area contributed by atoms with E-state index < -0.39 is 16.1 Å². The number of hydrogen-bond acceptors (Lipinski definition) is 5. The molecule has 4 aromatic rings. The molecule has 6 rings (SSSR count). The Kier molecular flexibility index (Phi) is 8.68. The molecule has 8 nitrogen and oxygen atoms in total. The Morgan fingerprint density at radius 2 is 1.53 bits per heavy atom. The van der Waals surface area contributed by atoms with Gasteiger partial charge in [-0.15, -0.1) is 0 Å². The van der Waals surface area contributed by atoms with E-state index in [1.54, 1.807) is 18.2 Å². The first-order valence-electron chi connectivity index (χ1n) is 15.3. The summed E-state index contributed by atoms with van der Waals surface area (Å²) >= 11 is 0. The van der Waals surface area contributed by atoms with E-state index in [-0.39, 0.29) is 11.3 Å². The number of hydrogen-bond donors (Lipinski definition) is 2. The lowest BCUT2D eigenvalue weighted by Gasteiger charge is -2.27. The first kappa shape index (κ1) is 31.7. The van der Waals surface area contributed by atoms with Crippen LogP contribution in [0, 0.1) is 13.8 Å². The predicted octanol–water partition coefficient (Wildman–Crippen LogP) is 7.80. The third-order valence-electron chi connectivity index (χ3n) is 8.48. The summed E-state index contributed by atoms with van der Waals surface area (Å²) in [6.07, 6.45) is 0.455. The van der Waals surface area contributed by atoms with Crippen molar-refractivity contribution in [2.24, 2.45) is 0 Å². The number of carboxylic acid groups (broad SMARTS) is 1. The van der Waals surface area contributed by atoms with Gasteiger partial charge in [0.25, 0.3) is 10.1 Å². The summed E-state index contributed by atoms with van der Waals surface area (Å²) in [5, 5.41) is 10.9. The number of para-hydroxylation sites is 2. The van der Waals surface area contributed by atoms with Crippen LogP contribution in [0.1, 0.15) is 24.0 Å². The van der Waals surface area contributed by atoms with Crippen molar-refractivity contribution in [2.45, 2.75) is 31.6 Å². The summed E-state index contributed by atoms with van der Waals surface area (Å²) in [5.41, 5.74) is 7.05. The number of anilines is 2. The summed E-state index contributed by atoms with van der Waals surface area (Å²) in [4.78, 5) is 13.3. The molecule has 47 heavy (non-hydrogen) atoms. The van der Waals surface area contributed by atoms with Gasteiger partial charge in [-0.2, -0.15) is 13.0 Å². The van der Waals surface area contributed by atoms with Gasteiger partial charge in [0.05, 0.1) is 6.07 Å². The van der Waals surface area contributed by atoms with Gasteiger partial charge in [-0.25, -0.2) is 0 Å². The van der Waals surface area contributed by atoms with E-state index >= 15 is 0 Å². The Balaban J connectivity index is 1.64. The van der Waals surface area contributed by atoms with Crippen LogP contribution in [0.3, 0.4) is 0 Å². The number of aliphatic carboxylic acids is 1. The second kappa shape index (κ2) is 12.9. The largest absolute Gasteiger partial charge is 0.481 e. The molecule has 2 aliphatic rings. The molecule has 0 unspecified atom stereocenters. The van der Waals surface area contributed by atoms with Gasteiger partial charge in [-0.1, -0.05) is 54.6 Å². The van der Waals surface area contributed by atoms with E-state index in [0.29, 0.717) is 46.4 Å². The van der Waals surface area contributed by atoms with Crippen LogP contribution in [-0.2, 0) is 14.9 Å². The first-order chi connectivity index (χ1) is 22.5. The number of aryl methyl sites for hydroxylation is 2. The van der Waals surface area contributed by atoms with E-state index in [9.17, 15) is 22.9 Å². The van der Waals surface area contributed by atoms with E-state index in [2.05, 4.69) is 9.48 Å². The van der Waals surface area contributed by atoms with Crippen molar-refractivity contribution in [3.8, 4) is 22.5 Å². The molecule has 4 aromatic carbocycles. The molecular weight excluding hydrogens is 612 g/mol. The molecule has 0 bridgehead atoms. The predicted molar refractivity (Wildman–Crippen MR) is 185 cm³/mol. The lowest BCUT2D eigenvalue weighted by Crippen LogP contribution is -2.22. The molecule has 238 valence electrons. The molecule has 0 fully saturated rings. The van der Waals surface area contributed by atoms with Crippen LogP contribution in [0.15, 0.2) is 119 Å². The number of carbonyl (C=O) groups is 1. The fraction of sp³-hybridized carbons (Fsp3) is 0.158. The van der Waals surface area contributed by atoms with Crippen LogP contribution in [0.25, 0.3) is 33.4 Å². The number of rotatable bonds is 9. The normalized spacial score (nSPS) is 12.3. The van der Waals surface area contributed by atoms with Gasteiger partial charge >= 0.3 is 5.97 Å². The second-order valence-corrected chi connectivity index (χ2v) is 13.0. The fourth-order valence-electron chi connectivity index (χ4n) is 6.15. The second-order valence-electron chi connectivity index (χ2n) is 11.6. The minimum atomic E-state index is -4.56. The van der Waals surface area contributed by atoms with Gasteiger partial charge in [-0.3, -0.25) is 9.35 Å². The highest BCUT2D eigenvalue weighted by Crippen LogP contribution is 2.43. The first-order valence-corrected chi connectivity index (χ1v) is 16.7. The molecule has 0 aromatic heterocycles. The average molecular weight is 648 g/mol. The van der Waals surface area contributed by atoms with Crippen molar-refractivity contribution < 1.29 is 27.3 Å². The Morgan fingerprint density at radius 1 is 0.830 bits per heavy atom. The third kappa shape index (κ3) is 6.40. The van der Waals surface area contributed by atoms with Crippen LogP contribution in [0.5, 0.6) is 0 Å². The maximum atomic E-state index is 12.6. The quantitative estimate of drug-likeness (QED) is 0.0936. The van der Waals surface area contributed by atoms with E-state index in [1.807, 2.05) is 106 Å². The highest BCUT2D eigenvalue weighted by molar-refractivity contribution is 7.86. The Hall–Kier alpha value is -5.25. The molecule has 9 heteroatoms. The van der Waals surface area contributed by atoms with Crippen molar-refractivity contribution in [1.29, 1.82) is 0 Å². The maximum Gasteiger partial charge on any atom is 0.303 e. The van der Waals surface area contributed by atoms with Gasteiger partial charge < -0.3 is 14.4 Å². The lowest BCUT2D eigenvalue weighted by molar-refractivity contribution is -0.137.